The van der Waals surface area contributed by atoms with E-state index in [-0.39, 0.29) is 11.3 Å². The van der Waals surface area contributed by atoms with Crippen LogP contribution >= 0.6 is 11.3 Å². The minimum absolute atomic E-state index is 0.0800. The maximum Gasteiger partial charge on any atom is 0.257 e. The molecule has 0 aliphatic rings. The summed E-state index contributed by atoms with van der Waals surface area (Å²) in [4.78, 5) is 17.8. The summed E-state index contributed by atoms with van der Waals surface area (Å²) in [7, 11) is 0. The van der Waals surface area contributed by atoms with Crippen LogP contribution in [-0.2, 0) is 11.8 Å². The summed E-state index contributed by atoms with van der Waals surface area (Å²) in [6.07, 6.45) is 2.66. The molecule has 3 nitrogen and oxygen atoms in total. The van der Waals surface area contributed by atoms with Crippen molar-refractivity contribution in [3.05, 3.63) is 82.4 Å². The molecule has 0 aliphatic carbocycles. The van der Waals surface area contributed by atoms with Gasteiger partial charge in [0.2, 0.25) is 0 Å². The number of aromatic nitrogens is 1. The van der Waals surface area contributed by atoms with Gasteiger partial charge in [-0.1, -0.05) is 63.2 Å². The zero-order chi connectivity index (χ0) is 17.9. The molecule has 1 amide bonds. The minimum Gasteiger partial charge on any atom is -0.298 e. The first kappa shape index (κ1) is 17.4. The number of nitrogens with one attached hydrogen (secondary N) is 1. The second kappa shape index (κ2) is 7.19. The van der Waals surface area contributed by atoms with Crippen LogP contribution in [-0.4, -0.2) is 10.9 Å². The van der Waals surface area contributed by atoms with Crippen LogP contribution < -0.4 is 5.32 Å². The van der Waals surface area contributed by atoms with Crippen LogP contribution in [0.2, 0.25) is 0 Å². The van der Waals surface area contributed by atoms with Gasteiger partial charge in [0.15, 0.2) is 5.13 Å². The van der Waals surface area contributed by atoms with E-state index in [0.717, 1.165) is 11.3 Å². The molecule has 0 spiro atoms. The summed E-state index contributed by atoms with van der Waals surface area (Å²) in [5.41, 5.74) is 3.18. The Morgan fingerprint density at radius 2 is 1.72 bits per heavy atom. The molecule has 1 heterocycles. The molecule has 0 saturated heterocycles. The van der Waals surface area contributed by atoms with Gasteiger partial charge < -0.3 is 0 Å². The number of hydrogen-bond acceptors (Lipinski definition) is 3. The monoisotopic (exact) mass is 350 g/mol. The average Bonchev–Trinajstić information content (AvgIpc) is 3.02. The van der Waals surface area contributed by atoms with Gasteiger partial charge in [0.1, 0.15) is 0 Å². The molecule has 0 bridgehead atoms. The predicted molar refractivity (Wildman–Crippen MR) is 104 cm³/mol. The summed E-state index contributed by atoms with van der Waals surface area (Å²) >= 11 is 1.52. The maximum absolute atomic E-state index is 12.4. The lowest BCUT2D eigenvalue weighted by Crippen LogP contribution is -2.14. The molecule has 2 aromatic carbocycles. The number of nitrogens with zero attached hydrogens (tertiary/aromatic N) is 1. The van der Waals surface area contributed by atoms with E-state index in [4.69, 9.17) is 0 Å². The Hall–Kier alpha value is -2.46. The molecular formula is C21H22N2OS. The van der Waals surface area contributed by atoms with Gasteiger partial charge in [-0.05, 0) is 28.7 Å². The molecule has 3 aromatic rings. The fourth-order valence-corrected chi connectivity index (χ4v) is 3.38. The molecule has 128 valence electrons. The quantitative estimate of drug-likeness (QED) is 0.695. The van der Waals surface area contributed by atoms with Crippen molar-refractivity contribution in [2.75, 3.05) is 5.32 Å². The highest BCUT2D eigenvalue weighted by molar-refractivity contribution is 7.15. The van der Waals surface area contributed by atoms with E-state index in [1.165, 1.54) is 22.5 Å². The number of carbonyl (C=O) groups is 1. The molecule has 0 radical (unpaired) electrons. The van der Waals surface area contributed by atoms with E-state index >= 15 is 0 Å². The topological polar surface area (TPSA) is 42.0 Å². The third kappa shape index (κ3) is 4.54. The van der Waals surface area contributed by atoms with Crippen molar-refractivity contribution in [3.8, 4) is 0 Å². The van der Waals surface area contributed by atoms with Crippen LogP contribution in [0.4, 0.5) is 5.13 Å². The molecule has 0 atom stereocenters. The van der Waals surface area contributed by atoms with Crippen LogP contribution in [0.25, 0.3) is 0 Å². The molecular weight excluding hydrogens is 328 g/mol. The molecule has 0 fully saturated rings. The van der Waals surface area contributed by atoms with Crippen molar-refractivity contribution in [1.82, 2.24) is 4.98 Å². The third-order valence-corrected chi connectivity index (χ3v) is 4.92. The highest BCUT2D eigenvalue weighted by Gasteiger charge is 2.15. The maximum atomic E-state index is 12.4. The fraction of sp³-hybridized carbons (Fsp3) is 0.238. The first-order valence-corrected chi connectivity index (χ1v) is 9.14. The lowest BCUT2D eigenvalue weighted by Gasteiger charge is -2.18. The van der Waals surface area contributed by atoms with Crippen LogP contribution in [0.5, 0.6) is 0 Å². The predicted octanol–water partition coefficient (Wildman–Crippen LogP) is 5.28. The Morgan fingerprint density at radius 1 is 1.04 bits per heavy atom. The van der Waals surface area contributed by atoms with Gasteiger partial charge in [-0.3, -0.25) is 10.1 Å². The van der Waals surface area contributed by atoms with Crippen molar-refractivity contribution < 1.29 is 4.79 Å². The van der Waals surface area contributed by atoms with E-state index < -0.39 is 0 Å². The van der Waals surface area contributed by atoms with E-state index in [1.54, 1.807) is 0 Å². The van der Waals surface area contributed by atoms with Crippen LogP contribution in [0.15, 0.2) is 60.8 Å². The molecule has 25 heavy (non-hydrogen) atoms. The van der Waals surface area contributed by atoms with Gasteiger partial charge >= 0.3 is 0 Å². The summed E-state index contributed by atoms with van der Waals surface area (Å²) in [6.45, 7) is 6.48. The van der Waals surface area contributed by atoms with Gasteiger partial charge in [0, 0.05) is 23.1 Å². The van der Waals surface area contributed by atoms with Gasteiger partial charge in [-0.15, -0.1) is 11.3 Å². The Balaban J connectivity index is 1.65. The van der Waals surface area contributed by atoms with Crippen molar-refractivity contribution in [1.29, 1.82) is 0 Å². The van der Waals surface area contributed by atoms with E-state index in [2.05, 4.69) is 43.2 Å². The Bertz CT molecular complexity index is 846. The highest BCUT2D eigenvalue weighted by atomic mass is 32.1. The summed E-state index contributed by atoms with van der Waals surface area (Å²) < 4.78 is 0. The van der Waals surface area contributed by atoms with Crippen molar-refractivity contribution in [2.45, 2.75) is 32.6 Å². The molecule has 1 aromatic heterocycles. The number of rotatable bonds is 4. The van der Waals surface area contributed by atoms with Crippen LogP contribution in [0, 0.1) is 0 Å². The number of anilines is 1. The summed E-state index contributed by atoms with van der Waals surface area (Å²) in [6, 6.07) is 18.0. The van der Waals surface area contributed by atoms with Crippen molar-refractivity contribution >= 4 is 22.4 Å². The standard InChI is InChI=1S/C21H22N2OS/c1-21(2,3)17-11-9-16(10-12-17)19(24)23-20-22-14-18(25-20)13-15-7-5-4-6-8-15/h4-12,14H,13H2,1-3H3,(H,22,23,24). The fourth-order valence-electron chi connectivity index (χ4n) is 2.53. The van der Waals surface area contributed by atoms with Gasteiger partial charge in [-0.25, -0.2) is 4.98 Å². The normalized spacial score (nSPS) is 11.3. The second-order valence-electron chi connectivity index (χ2n) is 7.08. The zero-order valence-corrected chi connectivity index (χ0v) is 15.6. The molecule has 0 unspecified atom stereocenters. The highest BCUT2D eigenvalue weighted by Crippen LogP contribution is 2.24. The van der Waals surface area contributed by atoms with E-state index in [1.807, 2.05) is 48.7 Å². The van der Waals surface area contributed by atoms with Gasteiger partial charge in [0.05, 0.1) is 0 Å². The molecule has 0 aliphatic heterocycles. The minimum atomic E-state index is -0.124. The average molecular weight is 350 g/mol. The van der Waals surface area contributed by atoms with E-state index in [9.17, 15) is 4.79 Å². The smallest absolute Gasteiger partial charge is 0.257 e. The van der Waals surface area contributed by atoms with Gasteiger partial charge in [0.25, 0.3) is 5.91 Å². The lowest BCUT2D eigenvalue weighted by molar-refractivity contribution is 0.102. The summed E-state index contributed by atoms with van der Waals surface area (Å²) in [5, 5.41) is 3.53. The number of benzene rings is 2. The number of thiazole rings is 1. The summed E-state index contributed by atoms with van der Waals surface area (Å²) in [5.74, 6) is -0.124. The molecule has 4 heteroatoms. The second-order valence-corrected chi connectivity index (χ2v) is 8.19. The number of carbonyl (C=O) groups excluding carboxylic acids is 1. The zero-order valence-electron chi connectivity index (χ0n) is 14.7. The Morgan fingerprint density at radius 3 is 2.36 bits per heavy atom. The largest absolute Gasteiger partial charge is 0.298 e. The Kier molecular flexibility index (Phi) is 5.00. The lowest BCUT2D eigenvalue weighted by atomic mass is 9.87. The van der Waals surface area contributed by atoms with Crippen molar-refractivity contribution in [3.63, 3.8) is 0 Å². The first-order valence-electron chi connectivity index (χ1n) is 8.32. The van der Waals surface area contributed by atoms with Crippen LogP contribution in [0.1, 0.15) is 47.1 Å². The molecule has 0 saturated carbocycles. The third-order valence-electron chi connectivity index (χ3n) is 4.01. The Labute approximate surface area is 152 Å². The van der Waals surface area contributed by atoms with Crippen molar-refractivity contribution in [2.24, 2.45) is 0 Å². The molecule has 3 rings (SSSR count). The molecule has 1 N–H and O–H groups in total. The number of hydrogen-bond donors (Lipinski definition) is 1. The number of amides is 1. The van der Waals surface area contributed by atoms with Crippen LogP contribution in [0.3, 0.4) is 0 Å². The SMILES string of the molecule is CC(C)(C)c1ccc(C(=O)Nc2ncc(Cc3ccccc3)s2)cc1. The first-order chi connectivity index (χ1) is 11.9. The van der Waals surface area contributed by atoms with E-state index in [0.29, 0.717) is 10.7 Å². The van der Waals surface area contributed by atoms with Gasteiger partial charge in [-0.2, -0.15) is 0 Å².